The molecule has 2 aromatic rings. The molecule has 100 valence electrons. The highest BCUT2D eigenvalue weighted by atomic mass is 19.1. The van der Waals surface area contributed by atoms with Gasteiger partial charge in [0.05, 0.1) is 5.69 Å². The molecule has 0 spiro atoms. The number of benzene rings is 1. The summed E-state index contributed by atoms with van der Waals surface area (Å²) in [6.45, 7) is 3.09. The summed E-state index contributed by atoms with van der Waals surface area (Å²) in [5.41, 5.74) is 2.73. The molecule has 2 N–H and O–H groups in total. The third-order valence-corrected chi connectivity index (χ3v) is 3.04. The number of para-hydroxylation sites is 1. The maximum absolute atomic E-state index is 13.2. The van der Waals surface area contributed by atoms with Crippen molar-refractivity contribution in [2.24, 2.45) is 0 Å². The number of hydrogen-bond donors (Lipinski definition) is 2. The molecule has 19 heavy (non-hydrogen) atoms. The number of aryl methyl sites for hydroxylation is 1. The van der Waals surface area contributed by atoms with Crippen LogP contribution < -0.4 is 5.32 Å². The van der Waals surface area contributed by atoms with Crippen LogP contribution >= 0.6 is 0 Å². The van der Waals surface area contributed by atoms with Crippen LogP contribution in [0, 0.1) is 5.82 Å². The average molecular weight is 260 g/mol. The van der Waals surface area contributed by atoms with Crippen LogP contribution in [0.15, 0.2) is 36.5 Å². The lowest BCUT2D eigenvalue weighted by molar-refractivity contribution is 0.423. The fourth-order valence-corrected chi connectivity index (χ4v) is 1.97. The van der Waals surface area contributed by atoms with Crippen LogP contribution in [-0.2, 0) is 19.5 Å². The Hall–Kier alpha value is -1.94. The summed E-state index contributed by atoms with van der Waals surface area (Å²) in [5, 5.41) is 12.7. The molecule has 0 fully saturated rings. The maximum Gasteiger partial charge on any atom is 0.165 e. The van der Waals surface area contributed by atoms with E-state index < -0.39 is 5.82 Å². The molecule has 0 aliphatic rings. The second kappa shape index (κ2) is 6.29. The molecule has 3 nitrogen and oxygen atoms in total. The number of nitrogens with one attached hydrogen (secondary N) is 1. The third-order valence-electron chi connectivity index (χ3n) is 3.04. The fraction of sp³-hybridized carbons (Fsp3) is 0.267. The van der Waals surface area contributed by atoms with Gasteiger partial charge in [-0.05, 0) is 24.1 Å². The first-order chi connectivity index (χ1) is 9.22. The van der Waals surface area contributed by atoms with Crippen molar-refractivity contribution >= 4 is 0 Å². The lowest BCUT2D eigenvalue weighted by Gasteiger charge is -2.09. The van der Waals surface area contributed by atoms with E-state index in [1.54, 1.807) is 18.3 Å². The van der Waals surface area contributed by atoms with Crippen LogP contribution in [0.2, 0.25) is 0 Å². The number of pyridine rings is 1. The summed E-state index contributed by atoms with van der Waals surface area (Å²) >= 11 is 0. The smallest absolute Gasteiger partial charge is 0.165 e. The minimum Gasteiger partial charge on any atom is -0.505 e. The van der Waals surface area contributed by atoms with Gasteiger partial charge in [0.25, 0.3) is 0 Å². The molecule has 0 saturated heterocycles. The van der Waals surface area contributed by atoms with Crippen molar-refractivity contribution in [3.05, 3.63) is 59.2 Å². The van der Waals surface area contributed by atoms with E-state index in [2.05, 4.69) is 17.2 Å². The molecule has 0 aliphatic heterocycles. The molecule has 4 heteroatoms. The van der Waals surface area contributed by atoms with Crippen LogP contribution in [0.3, 0.4) is 0 Å². The normalized spacial score (nSPS) is 10.6. The summed E-state index contributed by atoms with van der Waals surface area (Å²) in [7, 11) is 0. The molecule has 1 aromatic heterocycles. The number of hydrogen-bond acceptors (Lipinski definition) is 3. The molecule has 0 saturated carbocycles. The molecule has 0 aliphatic carbocycles. The zero-order valence-electron chi connectivity index (χ0n) is 10.9. The summed E-state index contributed by atoms with van der Waals surface area (Å²) in [6.07, 6.45) is 2.69. The first-order valence-corrected chi connectivity index (χ1v) is 6.32. The van der Waals surface area contributed by atoms with Gasteiger partial charge in [-0.15, -0.1) is 0 Å². The SMILES string of the molecule is CCc1cccnc1CNCc1cccc(F)c1O. The van der Waals surface area contributed by atoms with E-state index in [0.29, 0.717) is 18.7 Å². The number of aromatic hydroxyl groups is 1. The Kier molecular flexibility index (Phi) is 4.47. The van der Waals surface area contributed by atoms with Gasteiger partial charge in [0.15, 0.2) is 11.6 Å². The number of rotatable bonds is 5. The molecule has 1 aromatic carbocycles. The number of nitrogens with zero attached hydrogens (tertiary/aromatic N) is 1. The highest BCUT2D eigenvalue weighted by Gasteiger charge is 2.06. The second-order valence-corrected chi connectivity index (χ2v) is 4.31. The number of halogens is 1. The van der Waals surface area contributed by atoms with Gasteiger partial charge in [0.1, 0.15) is 0 Å². The molecule has 2 rings (SSSR count). The lowest BCUT2D eigenvalue weighted by Crippen LogP contribution is -2.15. The average Bonchev–Trinajstić information content (AvgIpc) is 2.44. The molecule has 0 amide bonds. The highest BCUT2D eigenvalue weighted by molar-refractivity contribution is 5.33. The fourth-order valence-electron chi connectivity index (χ4n) is 1.97. The third kappa shape index (κ3) is 3.29. The van der Waals surface area contributed by atoms with Crippen molar-refractivity contribution in [2.75, 3.05) is 0 Å². The Morgan fingerprint density at radius 2 is 1.95 bits per heavy atom. The van der Waals surface area contributed by atoms with Crippen LogP contribution in [0.5, 0.6) is 5.75 Å². The molecule has 1 heterocycles. The first kappa shape index (κ1) is 13.5. The Morgan fingerprint density at radius 3 is 2.74 bits per heavy atom. The quantitative estimate of drug-likeness (QED) is 0.869. The Balaban J connectivity index is 1.98. The molecule has 0 bridgehead atoms. The van der Waals surface area contributed by atoms with Crippen LogP contribution in [0.25, 0.3) is 0 Å². The summed E-state index contributed by atoms with van der Waals surface area (Å²) in [4.78, 5) is 4.32. The van der Waals surface area contributed by atoms with Gasteiger partial charge < -0.3 is 10.4 Å². The second-order valence-electron chi connectivity index (χ2n) is 4.31. The lowest BCUT2D eigenvalue weighted by atomic mass is 10.1. The zero-order chi connectivity index (χ0) is 13.7. The standard InChI is InChI=1S/C15H17FN2O/c1-2-11-6-4-8-18-14(11)10-17-9-12-5-3-7-13(16)15(12)19/h3-8,17,19H,2,9-10H2,1H3. The Morgan fingerprint density at radius 1 is 1.16 bits per heavy atom. The van der Waals surface area contributed by atoms with Gasteiger partial charge in [-0.2, -0.15) is 0 Å². The van der Waals surface area contributed by atoms with Crippen LogP contribution in [-0.4, -0.2) is 10.1 Å². The van der Waals surface area contributed by atoms with Gasteiger partial charge in [-0.25, -0.2) is 4.39 Å². The number of phenolic OH excluding ortho intramolecular Hbond substituents is 1. The number of phenols is 1. The molecule has 0 radical (unpaired) electrons. The maximum atomic E-state index is 13.2. The summed E-state index contributed by atoms with van der Waals surface area (Å²) < 4.78 is 13.2. The van der Waals surface area contributed by atoms with E-state index >= 15 is 0 Å². The van der Waals surface area contributed by atoms with E-state index in [4.69, 9.17) is 0 Å². The van der Waals surface area contributed by atoms with E-state index in [9.17, 15) is 9.50 Å². The molecule has 0 unspecified atom stereocenters. The van der Waals surface area contributed by atoms with Crippen molar-refractivity contribution < 1.29 is 9.50 Å². The van der Waals surface area contributed by atoms with E-state index in [0.717, 1.165) is 12.1 Å². The Labute approximate surface area is 112 Å². The van der Waals surface area contributed by atoms with Crippen LogP contribution in [0.4, 0.5) is 4.39 Å². The van der Waals surface area contributed by atoms with Gasteiger partial charge in [-0.3, -0.25) is 4.98 Å². The van der Waals surface area contributed by atoms with Crippen molar-refractivity contribution in [2.45, 2.75) is 26.4 Å². The van der Waals surface area contributed by atoms with Gasteiger partial charge in [0, 0.05) is 24.8 Å². The summed E-state index contributed by atoms with van der Waals surface area (Å²) in [5.74, 6) is -0.877. The monoisotopic (exact) mass is 260 g/mol. The topological polar surface area (TPSA) is 45.2 Å². The first-order valence-electron chi connectivity index (χ1n) is 6.32. The minimum absolute atomic E-state index is 0.285. The minimum atomic E-state index is -0.591. The van der Waals surface area contributed by atoms with Gasteiger partial charge in [-0.1, -0.05) is 25.1 Å². The predicted molar refractivity (Wildman–Crippen MR) is 72.2 cm³/mol. The summed E-state index contributed by atoms with van der Waals surface area (Å²) in [6, 6.07) is 8.49. The highest BCUT2D eigenvalue weighted by Crippen LogP contribution is 2.20. The van der Waals surface area contributed by atoms with Gasteiger partial charge >= 0.3 is 0 Å². The zero-order valence-corrected chi connectivity index (χ0v) is 10.9. The molecule has 0 atom stereocenters. The van der Waals surface area contributed by atoms with E-state index in [1.807, 2.05) is 12.1 Å². The van der Waals surface area contributed by atoms with E-state index in [1.165, 1.54) is 11.6 Å². The largest absolute Gasteiger partial charge is 0.505 e. The molecular formula is C15H17FN2O. The number of aromatic nitrogens is 1. The van der Waals surface area contributed by atoms with Crippen LogP contribution in [0.1, 0.15) is 23.7 Å². The van der Waals surface area contributed by atoms with Crippen molar-refractivity contribution in [1.82, 2.24) is 10.3 Å². The van der Waals surface area contributed by atoms with Crippen molar-refractivity contribution in [3.8, 4) is 5.75 Å². The van der Waals surface area contributed by atoms with Crippen molar-refractivity contribution in [1.29, 1.82) is 0 Å². The van der Waals surface area contributed by atoms with Crippen molar-refractivity contribution in [3.63, 3.8) is 0 Å². The molecular weight excluding hydrogens is 243 g/mol. The predicted octanol–water partition coefficient (Wildman–Crippen LogP) is 2.78. The van der Waals surface area contributed by atoms with E-state index in [-0.39, 0.29) is 5.75 Å². The Bertz CT molecular complexity index is 558. The van der Waals surface area contributed by atoms with Gasteiger partial charge in [0.2, 0.25) is 0 Å².